The van der Waals surface area contributed by atoms with Crippen LogP contribution in [0.5, 0.6) is 6.01 Å². The summed E-state index contributed by atoms with van der Waals surface area (Å²) < 4.78 is 16.2. The van der Waals surface area contributed by atoms with Crippen molar-refractivity contribution in [2.24, 2.45) is 0 Å². The molecule has 7 heteroatoms. The number of hydrogen-bond acceptors (Lipinski definition) is 6. The molecule has 2 heterocycles. The van der Waals surface area contributed by atoms with Gasteiger partial charge in [0, 0.05) is 6.07 Å². The highest BCUT2D eigenvalue weighted by atomic mass is 16.5. The molecule has 0 amide bonds. The van der Waals surface area contributed by atoms with Crippen LogP contribution >= 0.6 is 0 Å². The second kappa shape index (κ2) is 7.61. The van der Waals surface area contributed by atoms with Gasteiger partial charge in [-0.1, -0.05) is 26.2 Å². The van der Waals surface area contributed by atoms with E-state index in [1.165, 1.54) is 25.3 Å². The minimum Gasteiger partial charge on any atom is -0.462 e. The molecule has 1 aliphatic carbocycles. The molecule has 1 saturated carbocycles. The van der Waals surface area contributed by atoms with Gasteiger partial charge in [-0.15, -0.1) is 0 Å². The van der Waals surface area contributed by atoms with E-state index in [-0.39, 0.29) is 23.9 Å². The van der Waals surface area contributed by atoms with Crippen LogP contribution in [0.2, 0.25) is 0 Å². The maximum absolute atomic E-state index is 12.2. The first-order valence-electron chi connectivity index (χ1n) is 8.49. The number of ether oxygens (including phenoxy) is 2. The van der Waals surface area contributed by atoms with Gasteiger partial charge in [0.2, 0.25) is 5.71 Å². The normalized spacial score (nSPS) is 15.7. The van der Waals surface area contributed by atoms with Crippen LogP contribution in [0.15, 0.2) is 20.1 Å². The lowest BCUT2D eigenvalue weighted by Crippen LogP contribution is -2.21. The fourth-order valence-corrected chi connectivity index (χ4v) is 3.06. The highest BCUT2D eigenvalue weighted by Crippen LogP contribution is 2.20. The Morgan fingerprint density at radius 1 is 1.25 bits per heavy atom. The standard InChI is InChI=1S/C17H22N2O5/c1-2-11-10-13(20)24-16-14(11)15(21)18-17(19-16)23-9-8-22-12-6-4-3-5-7-12/h10,12H,2-9H2,1H3,(H,18,19,21). The van der Waals surface area contributed by atoms with E-state index in [2.05, 4.69) is 9.97 Å². The molecule has 0 atom stereocenters. The molecule has 0 bridgehead atoms. The molecule has 2 aromatic rings. The summed E-state index contributed by atoms with van der Waals surface area (Å²) in [6, 6.07) is 1.36. The summed E-state index contributed by atoms with van der Waals surface area (Å²) in [4.78, 5) is 30.4. The predicted molar refractivity (Wildman–Crippen MR) is 88.6 cm³/mol. The van der Waals surface area contributed by atoms with Crippen LogP contribution in [-0.2, 0) is 11.2 Å². The van der Waals surface area contributed by atoms with Crippen molar-refractivity contribution in [3.63, 3.8) is 0 Å². The van der Waals surface area contributed by atoms with Crippen LogP contribution in [0.1, 0.15) is 44.6 Å². The Bertz CT molecular complexity index is 805. The lowest BCUT2D eigenvalue weighted by molar-refractivity contribution is 0.0116. The number of H-pyrrole nitrogens is 1. The van der Waals surface area contributed by atoms with Crippen LogP contribution in [0, 0.1) is 0 Å². The van der Waals surface area contributed by atoms with Crippen LogP contribution in [0.3, 0.4) is 0 Å². The van der Waals surface area contributed by atoms with Gasteiger partial charge in [-0.05, 0) is 24.8 Å². The molecule has 3 rings (SSSR count). The SMILES string of the molecule is CCc1cc(=O)oc2nc(OCCOC3CCCCC3)[nH]c(=O)c12. The number of nitrogens with zero attached hydrogens (tertiary/aromatic N) is 1. The van der Waals surface area contributed by atoms with Gasteiger partial charge in [0.05, 0.1) is 12.7 Å². The molecule has 1 aliphatic rings. The Morgan fingerprint density at radius 3 is 2.79 bits per heavy atom. The first kappa shape index (κ1) is 16.7. The van der Waals surface area contributed by atoms with Gasteiger partial charge in [-0.25, -0.2) is 4.79 Å². The number of rotatable bonds is 6. The van der Waals surface area contributed by atoms with E-state index in [9.17, 15) is 9.59 Å². The van der Waals surface area contributed by atoms with Crippen molar-refractivity contribution in [3.05, 3.63) is 32.4 Å². The monoisotopic (exact) mass is 334 g/mol. The Kier molecular flexibility index (Phi) is 5.30. The van der Waals surface area contributed by atoms with E-state index in [0.717, 1.165) is 12.8 Å². The van der Waals surface area contributed by atoms with Crippen molar-refractivity contribution >= 4 is 11.1 Å². The molecule has 7 nitrogen and oxygen atoms in total. The van der Waals surface area contributed by atoms with Gasteiger partial charge < -0.3 is 13.9 Å². The minimum atomic E-state index is -0.524. The lowest BCUT2D eigenvalue weighted by atomic mass is 9.98. The van der Waals surface area contributed by atoms with E-state index in [1.807, 2.05) is 6.92 Å². The summed E-state index contributed by atoms with van der Waals surface area (Å²) in [7, 11) is 0. The summed E-state index contributed by atoms with van der Waals surface area (Å²) in [6.07, 6.45) is 6.74. The van der Waals surface area contributed by atoms with Gasteiger partial charge in [0.25, 0.3) is 11.6 Å². The van der Waals surface area contributed by atoms with Crippen LogP contribution in [0.25, 0.3) is 11.1 Å². The first-order chi connectivity index (χ1) is 11.7. The second-order valence-corrected chi connectivity index (χ2v) is 5.97. The summed E-state index contributed by atoms with van der Waals surface area (Å²) in [6.45, 7) is 2.58. The molecule has 0 radical (unpaired) electrons. The van der Waals surface area contributed by atoms with Gasteiger partial charge in [-0.3, -0.25) is 9.78 Å². The zero-order valence-corrected chi connectivity index (χ0v) is 13.8. The third-order valence-corrected chi connectivity index (χ3v) is 4.28. The Labute approximate surface area is 139 Å². The molecule has 24 heavy (non-hydrogen) atoms. The van der Waals surface area contributed by atoms with E-state index in [4.69, 9.17) is 13.9 Å². The summed E-state index contributed by atoms with van der Waals surface area (Å²) in [5, 5.41) is 0.294. The number of hydrogen-bond donors (Lipinski definition) is 1. The van der Waals surface area contributed by atoms with E-state index in [0.29, 0.717) is 30.1 Å². The van der Waals surface area contributed by atoms with Crippen LogP contribution in [-0.4, -0.2) is 29.3 Å². The Morgan fingerprint density at radius 2 is 2.04 bits per heavy atom. The summed E-state index contributed by atoms with van der Waals surface area (Å²) >= 11 is 0. The molecular formula is C17H22N2O5. The fraction of sp³-hybridized carbons (Fsp3) is 0.588. The second-order valence-electron chi connectivity index (χ2n) is 5.97. The van der Waals surface area contributed by atoms with Gasteiger partial charge in [0.1, 0.15) is 12.0 Å². The third-order valence-electron chi connectivity index (χ3n) is 4.28. The minimum absolute atomic E-state index is 0.00583. The zero-order chi connectivity index (χ0) is 16.9. The molecule has 0 aliphatic heterocycles. The third kappa shape index (κ3) is 3.84. The highest BCUT2D eigenvalue weighted by molar-refractivity contribution is 5.75. The summed E-state index contributed by atoms with van der Waals surface area (Å²) in [5.74, 6) is 0. The van der Waals surface area contributed by atoms with Gasteiger partial charge >= 0.3 is 5.63 Å². The first-order valence-corrected chi connectivity index (χ1v) is 8.49. The summed E-state index contributed by atoms with van der Waals surface area (Å²) in [5.41, 5.74) is -0.277. The predicted octanol–water partition coefficient (Wildman–Crippen LogP) is 2.17. The average molecular weight is 334 g/mol. The van der Waals surface area contributed by atoms with Crippen molar-refractivity contribution in [1.82, 2.24) is 9.97 Å². The largest absolute Gasteiger partial charge is 0.462 e. The van der Waals surface area contributed by atoms with Crippen molar-refractivity contribution in [2.75, 3.05) is 13.2 Å². The fourth-order valence-electron chi connectivity index (χ4n) is 3.06. The molecule has 130 valence electrons. The van der Waals surface area contributed by atoms with E-state index >= 15 is 0 Å². The lowest BCUT2D eigenvalue weighted by Gasteiger charge is -2.21. The van der Waals surface area contributed by atoms with E-state index < -0.39 is 5.63 Å². The Hall–Kier alpha value is -2.15. The molecule has 0 spiro atoms. The van der Waals surface area contributed by atoms with Gasteiger partial charge in [0.15, 0.2) is 0 Å². The topological polar surface area (TPSA) is 94.4 Å². The number of nitrogens with one attached hydrogen (secondary N) is 1. The maximum Gasteiger partial charge on any atom is 0.337 e. The van der Waals surface area contributed by atoms with E-state index in [1.54, 1.807) is 0 Å². The van der Waals surface area contributed by atoms with Crippen molar-refractivity contribution in [3.8, 4) is 6.01 Å². The number of aromatic amines is 1. The molecule has 1 N–H and O–H groups in total. The quantitative estimate of drug-likeness (QED) is 0.814. The number of fused-ring (bicyclic) bond motifs is 1. The van der Waals surface area contributed by atoms with Crippen molar-refractivity contribution in [1.29, 1.82) is 0 Å². The Balaban J connectivity index is 1.67. The smallest absolute Gasteiger partial charge is 0.337 e. The molecule has 2 aromatic heterocycles. The molecular weight excluding hydrogens is 312 g/mol. The molecule has 1 fully saturated rings. The van der Waals surface area contributed by atoms with Crippen LogP contribution < -0.4 is 15.9 Å². The maximum atomic E-state index is 12.2. The molecule has 0 saturated heterocycles. The molecule has 0 unspecified atom stereocenters. The molecule has 0 aromatic carbocycles. The van der Waals surface area contributed by atoms with Crippen molar-refractivity contribution < 1.29 is 13.9 Å². The number of aromatic nitrogens is 2. The van der Waals surface area contributed by atoms with Crippen LogP contribution in [0.4, 0.5) is 0 Å². The average Bonchev–Trinajstić information content (AvgIpc) is 2.58. The highest BCUT2D eigenvalue weighted by Gasteiger charge is 2.14. The number of aryl methyl sites for hydroxylation is 1. The van der Waals surface area contributed by atoms with Crippen molar-refractivity contribution in [2.45, 2.75) is 51.6 Å². The van der Waals surface area contributed by atoms with Gasteiger partial charge in [-0.2, -0.15) is 4.98 Å². The zero-order valence-electron chi connectivity index (χ0n) is 13.8.